The van der Waals surface area contributed by atoms with Gasteiger partial charge in [0.1, 0.15) is 28.1 Å². The average molecular weight is 873 g/mol. The summed E-state index contributed by atoms with van der Waals surface area (Å²) in [4.78, 5) is 9.52. The number of aromatic nitrogens is 2. The first kappa shape index (κ1) is 45.2. The van der Waals surface area contributed by atoms with Crippen LogP contribution in [0.4, 0.5) is 22.7 Å². The van der Waals surface area contributed by atoms with Gasteiger partial charge >= 0.3 is 0 Å². The maximum Gasteiger partial charge on any atom is 0.239 e. The third kappa shape index (κ3) is 9.55. The normalized spacial score (nSPS) is 11.5. The molecule has 326 valence electrons. The predicted molar refractivity (Wildman–Crippen MR) is 253 cm³/mol. The van der Waals surface area contributed by atoms with E-state index in [1.54, 1.807) is 14.2 Å². The number of methoxy groups -OCH3 is 2. The number of azo groups is 1. The number of hydrogen-bond acceptors (Lipinski definition) is 9. The minimum atomic E-state index is -0.949. The molecule has 0 aliphatic carbocycles. The molecule has 0 unspecified atom stereocenters. The molecule has 11 heteroatoms. The van der Waals surface area contributed by atoms with Gasteiger partial charge in [0.05, 0.1) is 38.8 Å². The number of benzene rings is 7. The van der Waals surface area contributed by atoms with Crippen molar-refractivity contribution >= 4 is 44.8 Å². The summed E-state index contributed by atoms with van der Waals surface area (Å²) in [6, 6.07) is 57.1. The van der Waals surface area contributed by atoms with E-state index in [9.17, 15) is 5.11 Å². The van der Waals surface area contributed by atoms with Crippen molar-refractivity contribution in [3.05, 3.63) is 187 Å². The van der Waals surface area contributed by atoms with Crippen LogP contribution in [0, 0.1) is 0 Å². The van der Waals surface area contributed by atoms with Crippen LogP contribution in [0.1, 0.15) is 30.5 Å². The molecule has 8 aromatic rings. The van der Waals surface area contributed by atoms with E-state index in [2.05, 4.69) is 112 Å². The second-order valence-corrected chi connectivity index (χ2v) is 15.1. The number of anilines is 2. The van der Waals surface area contributed by atoms with E-state index in [1.165, 1.54) is 0 Å². The topological polar surface area (TPSA) is 95.9 Å². The summed E-state index contributed by atoms with van der Waals surface area (Å²) in [5.41, 5.74) is 10.3. The summed E-state index contributed by atoms with van der Waals surface area (Å²) < 4.78 is 20.4. The number of fused-ring (bicyclic) bond motifs is 2. The zero-order valence-corrected chi connectivity index (χ0v) is 37.4. The first-order valence-electron chi connectivity index (χ1n) is 21.4. The van der Waals surface area contributed by atoms with E-state index >= 15 is 0 Å². The van der Waals surface area contributed by atoms with Crippen molar-refractivity contribution in [2.75, 3.05) is 63.4 Å². The Morgan fingerprint density at radius 2 is 1.08 bits per heavy atom. The van der Waals surface area contributed by atoms with Gasteiger partial charge in [0, 0.05) is 61.8 Å². The maximum absolute atomic E-state index is 10.2. The number of para-hydroxylation sites is 1. The van der Waals surface area contributed by atoms with Crippen LogP contribution in [-0.2, 0) is 10.3 Å². The van der Waals surface area contributed by atoms with E-state index in [0.717, 1.165) is 80.4 Å². The van der Waals surface area contributed by atoms with Crippen LogP contribution in [0.3, 0.4) is 0 Å². The Labute approximate surface area is 381 Å². The van der Waals surface area contributed by atoms with Crippen molar-refractivity contribution in [2.45, 2.75) is 19.4 Å². The number of halogens is 1. The molecule has 1 aromatic heterocycles. The lowest BCUT2D eigenvalue weighted by molar-refractivity contribution is -0.538. The number of rotatable bonds is 18. The van der Waals surface area contributed by atoms with E-state index in [0.29, 0.717) is 31.1 Å². The molecule has 1 heterocycles. The number of hydrogen-bond donors (Lipinski definition) is 1. The minimum absolute atomic E-state index is 0. The number of aliphatic hydroxyl groups is 1. The van der Waals surface area contributed by atoms with Gasteiger partial charge in [0.25, 0.3) is 0 Å². The molecule has 7 aromatic carbocycles. The Hall–Kier alpha value is -6.85. The number of ether oxygens (including phenoxy) is 3. The number of aliphatic hydroxyl groups excluding tert-OH is 1. The lowest BCUT2D eigenvalue weighted by Crippen LogP contribution is -3.00. The molecule has 0 fully saturated rings. The quantitative estimate of drug-likeness (QED) is 0.0408. The Kier molecular flexibility index (Phi) is 14.8. The van der Waals surface area contributed by atoms with E-state index in [-0.39, 0.29) is 19.0 Å². The molecule has 10 nitrogen and oxygen atoms in total. The molecular formula is C53H53ClN6O4. The first-order chi connectivity index (χ1) is 31.0. The Morgan fingerprint density at radius 3 is 1.66 bits per heavy atom. The lowest BCUT2D eigenvalue weighted by atomic mass is 9.80. The van der Waals surface area contributed by atoms with Crippen molar-refractivity contribution in [3.63, 3.8) is 0 Å². The molecule has 0 aliphatic heterocycles. The largest absolute Gasteiger partial charge is 1.00 e. The Balaban J connectivity index is 0.00000612. The summed E-state index contributed by atoms with van der Waals surface area (Å²) in [6.07, 6.45) is 0. The highest BCUT2D eigenvalue weighted by Crippen LogP contribution is 2.42. The predicted octanol–water partition coefficient (Wildman–Crippen LogP) is 7.75. The maximum atomic E-state index is 10.2. The minimum Gasteiger partial charge on any atom is -1.00 e. The van der Waals surface area contributed by atoms with Gasteiger partial charge in [-0.2, -0.15) is 10.2 Å². The van der Waals surface area contributed by atoms with Crippen LogP contribution in [0.5, 0.6) is 11.5 Å². The standard InChI is InChI=1S/C53H53N6O4.ClH/c1-5-57(6-2)46-26-32-50-52(38-46)59(45-15-11-8-12-16-45)51-37-43(23-31-49(51)54-50)56-55-42-21-24-44(25-22-42)58(33-35-60)34-36-63-53(39-13-9-7-10-14-39,40-17-27-47(61-3)28-18-40)41-19-29-48(62-4)30-20-41;/h7-32,37-38,60H,5-6,33-36H2,1-4H3;1H/q+1;/p-1. The first-order valence-corrected chi connectivity index (χ1v) is 21.4. The van der Waals surface area contributed by atoms with Gasteiger partial charge in [-0.15, -0.1) is 4.57 Å². The van der Waals surface area contributed by atoms with Crippen molar-refractivity contribution in [1.29, 1.82) is 0 Å². The molecule has 64 heavy (non-hydrogen) atoms. The van der Waals surface area contributed by atoms with E-state index in [1.807, 2.05) is 91.0 Å². The highest BCUT2D eigenvalue weighted by atomic mass is 35.5. The molecule has 0 amide bonds. The fraction of sp³-hybridized carbons (Fsp3) is 0.208. The van der Waals surface area contributed by atoms with Crippen molar-refractivity contribution < 1.29 is 36.3 Å². The molecule has 0 saturated carbocycles. The van der Waals surface area contributed by atoms with Crippen LogP contribution in [0.2, 0.25) is 0 Å². The van der Waals surface area contributed by atoms with Crippen LogP contribution >= 0.6 is 0 Å². The van der Waals surface area contributed by atoms with Crippen LogP contribution in [-0.4, -0.2) is 63.7 Å². The molecule has 0 saturated heterocycles. The zero-order chi connectivity index (χ0) is 43.6. The van der Waals surface area contributed by atoms with E-state index < -0.39 is 5.60 Å². The zero-order valence-electron chi connectivity index (χ0n) is 36.6. The van der Waals surface area contributed by atoms with Crippen molar-refractivity contribution in [2.24, 2.45) is 10.2 Å². The molecule has 8 rings (SSSR count). The second-order valence-electron chi connectivity index (χ2n) is 15.1. The second kappa shape index (κ2) is 21.0. The molecule has 0 radical (unpaired) electrons. The molecule has 0 spiro atoms. The fourth-order valence-electron chi connectivity index (χ4n) is 8.25. The third-order valence-corrected chi connectivity index (χ3v) is 11.5. The summed E-state index contributed by atoms with van der Waals surface area (Å²) in [5, 5.41) is 19.5. The van der Waals surface area contributed by atoms with Gasteiger partial charge in [-0.3, -0.25) is 0 Å². The fourth-order valence-corrected chi connectivity index (χ4v) is 8.25. The van der Waals surface area contributed by atoms with Gasteiger partial charge < -0.3 is 41.5 Å². The number of nitrogens with zero attached hydrogens (tertiary/aromatic N) is 6. The monoisotopic (exact) mass is 872 g/mol. The molecule has 0 bridgehead atoms. The third-order valence-electron chi connectivity index (χ3n) is 11.5. The van der Waals surface area contributed by atoms with Crippen molar-refractivity contribution in [1.82, 2.24) is 4.98 Å². The van der Waals surface area contributed by atoms with E-state index in [4.69, 9.17) is 24.3 Å². The summed E-state index contributed by atoms with van der Waals surface area (Å²) in [7, 11) is 3.33. The Morgan fingerprint density at radius 1 is 0.562 bits per heavy atom. The SMILES string of the molecule is CCN(CC)c1ccc2nc3ccc(N=Nc4ccc(N(CCO)CCOC(c5ccccc5)(c5ccc(OC)cc5)c5ccc(OC)cc5)cc4)cc3[n+](-c3ccccc3)c2c1.[Cl-]. The summed E-state index contributed by atoms with van der Waals surface area (Å²) in [6.45, 7) is 7.45. The smallest absolute Gasteiger partial charge is 0.239 e. The molecule has 0 atom stereocenters. The van der Waals surface area contributed by atoms with Crippen LogP contribution in [0.15, 0.2) is 180 Å². The van der Waals surface area contributed by atoms with Gasteiger partial charge in [0.15, 0.2) is 0 Å². The highest BCUT2D eigenvalue weighted by molar-refractivity contribution is 5.85. The Bertz CT molecular complexity index is 2720. The highest BCUT2D eigenvalue weighted by Gasteiger charge is 2.38. The lowest BCUT2D eigenvalue weighted by Gasteiger charge is -2.37. The van der Waals surface area contributed by atoms with Crippen LogP contribution in [0.25, 0.3) is 27.8 Å². The average Bonchev–Trinajstić information content (AvgIpc) is 3.35. The molecule has 1 N–H and O–H groups in total. The van der Waals surface area contributed by atoms with Gasteiger partial charge in [-0.1, -0.05) is 72.8 Å². The summed E-state index contributed by atoms with van der Waals surface area (Å²) in [5.74, 6) is 1.52. The molecule has 0 aliphatic rings. The van der Waals surface area contributed by atoms with Gasteiger partial charge in [-0.05, 0) is 103 Å². The summed E-state index contributed by atoms with van der Waals surface area (Å²) >= 11 is 0. The van der Waals surface area contributed by atoms with Crippen molar-refractivity contribution in [3.8, 4) is 17.2 Å². The van der Waals surface area contributed by atoms with Gasteiger partial charge in [0.2, 0.25) is 16.7 Å². The van der Waals surface area contributed by atoms with Gasteiger partial charge in [-0.25, -0.2) is 4.98 Å². The molecular weight excluding hydrogens is 820 g/mol. The van der Waals surface area contributed by atoms with Crippen LogP contribution < -0.4 is 36.2 Å².